The standard InChI is InChI=1S/C10H9F4NO/c11-8-3-6(10(12,13)14)1-2-7(8)9(16)4-15-5-9/h1-3,15-16H,4-5H2. The molecule has 0 amide bonds. The molecule has 2 nitrogen and oxygen atoms in total. The molecular weight excluding hydrogens is 226 g/mol. The maximum atomic E-state index is 13.4. The molecule has 2 rings (SSSR count). The molecule has 16 heavy (non-hydrogen) atoms. The summed E-state index contributed by atoms with van der Waals surface area (Å²) in [4.78, 5) is 0. The fourth-order valence-electron chi connectivity index (χ4n) is 1.62. The smallest absolute Gasteiger partial charge is 0.382 e. The van der Waals surface area contributed by atoms with Crippen molar-refractivity contribution in [3.05, 3.63) is 35.1 Å². The van der Waals surface area contributed by atoms with Crippen LogP contribution < -0.4 is 5.32 Å². The van der Waals surface area contributed by atoms with Crippen molar-refractivity contribution >= 4 is 0 Å². The van der Waals surface area contributed by atoms with Gasteiger partial charge in [-0.25, -0.2) is 4.39 Å². The third-order valence-corrected chi connectivity index (χ3v) is 2.63. The Bertz CT molecular complexity index is 412. The average molecular weight is 235 g/mol. The highest BCUT2D eigenvalue weighted by Crippen LogP contribution is 2.33. The minimum Gasteiger partial charge on any atom is -0.382 e. The molecule has 1 aliphatic heterocycles. The zero-order valence-corrected chi connectivity index (χ0v) is 8.11. The van der Waals surface area contributed by atoms with Crippen molar-refractivity contribution in [1.82, 2.24) is 5.32 Å². The minimum atomic E-state index is -4.57. The molecule has 2 N–H and O–H groups in total. The zero-order chi connectivity index (χ0) is 12.0. The van der Waals surface area contributed by atoms with E-state index in [1.54, 1.807) is 0 Å². The lowest BCUT2D eigenvalue weighted by Crippen LogP contribution is -2.57. The van der Waals surface area contributed by atoms with Gasteiger partial charge in [0, 0.05) is 18.7 Å². The molecule has 6 heteroatoms. The van der Waals surface area contributed by atoms with E-state index >= 15 is 0 Å². The predicted molar refractivity (Wildman–Crippen MR) is 48.2 cm³/mol. The van der Waals surface area contributed by atoms with E-state index < -0.39 is 23.2 Å². The van der Waals surface area contributed by atoms with Gasteiger partial charge in [0.25, 0.3) is 0 Å². The van der Waals surface area contributed by atoms with E-state index in [1.807, 2.05) is 0 Å². The SMILES string of the molecule is OC1(c2ccc(C(F)(F)F)cc2F)CNC1. The van der Waals surface area contributed by atoms with Gasteiger partial charge < -0.3 is 10.4 Å². The zero-order valence-electron chi connectivity index (χ0n) is 8.11. The monoisotopic (exact) mass is 235 g/mol. The minimum absolute atomic E-state index is 0.0979. The predicted octanol–water partition coefficient (Wildman–Crippen LogP) is 1.64. The molecule has 0 unspecified atom stereocenters. The van der Waals surface area contributed by atoms with Crippen molar-refractivity contribution in [1.29, 1.82) is 0 Å². The van der Waals surface area contributed by atoms with Gasteiger partial charge in [0.2, 0.25) is 0 Å². The molecule has 0 bridgehead atoms. The van der Waals surface area contributed by atoms with E-state index in [-0.39, 0.29) is 18.7 Å². The number of alkyl halides is 3. The van der Waals surface area contributed by atoms with Crippen LogP contribution in [0.2, 0.25) is 0 Å². The third-order valence-electron chi connectivity index (χ3n) is 2.63. The molecule has 1 aromatic carbocycles. The first-order valence-corrected chi connectivity index (χ1v) is 4.63. The lowest BCUT2D eigenvalue weighted by atomic mass is 9.87. The summed E-state index contributed by atoms with van der Waals surface area (Å²) in [6.45, 7) is 0.296. The van der Waals surface area contributed by atoms with Gasteiger partial charge in [-0.3, -0.25) is 0 Å². The number of halogens is 4. The fourth-order valence-corrected chi connectivity index (χ4v) is 1.62. The molecule has 1 aromatic rings. The van der Waals surface area contributed by atoms with E-state index in [9.17, 15) is 22.7 Å². The first-order valence-electron chi connectivity index (χ1n) is 4.63. The maximum Gasteiger partial charge on any atom is 0.416 e. The van der Waals surface area contributed by atoms with Crippen molar-refractivity contribution in [2.75, 3.05) is 13.1 Å². The summed E-state index contributed by atoms with van der Waals surface area (Å²) in [7, 11) is 0. The first kappa shape index (κ1) is 11.3. The summed E-state index contributed by atoms with van der Waals surface area (Å²) in [5.41, 5.74) is -2.53. The molecule has 1 fully saturated rings. The normalized spacial score (nSPS) is 19.3. The Morgan fingerprint density at radius 3 is 2.25 bits per heavy atom. The summed E-state index contributed by atoms with van der Waals surface area (Å²) < 4.78 is 50.2. The van der Waals surface area contributed by atoms with Crippen LogP contribution in [-0.4, -0.2) is 18.2 Å². The lowest BCUT2D eigenvalue weighted by molar-refractivity contribution is -0.137. The van der Waals surface area contributed by atoms with Crippen LogP contribution in [0.15, 0.2) is 18.2 Å². The fraction of sp³-hybridized carbons (Fsp3) is 0.400. The van der Waals surface area contributed by atoms with Crippen molar-refractivity contribution in [2.45, 2.75) is 11.8 Å². The van der Waals surface area contributed by atoms with Crippen LogP contribution in [0.25, 0.3) is 0 Å². The molecule has 0 atom stereocenters. The third kappa shape index (κ3) is 1.78. The molecular formula is C10H9F4NO. The molecule has 1 aliphatic rings. The van der Waals surface area contributed by atoms with Gasteiger partial charge in [-0.1, -0.05) is 6.07 Å². The van der Waals surface area contributed by atoms with Crippen LogP contribution in [0, 0.1) is 5.82 Å². The second-order valence-corrected chi connectivity index (χ2v) is 3.83. The van der Waals surface area contributed by atoms with Gasteiger partial charge in [-0.2, -0.15) is 13.2 Å². The van der Waals surface area contributed by atoms with Crippen molar-refractivity contribution in [2.24, 2.45) is 0 Å². The molecule has 0 radical (unpaired) electrons. The van der Waals surface area contributed by atoms with Gasteiger partial charge in [0.15, 0.2) is 0 Å². The summed E-state index contributed by atoms with van der Waals surface area (Å²) in [6, 6.07) is 2.17. The van der Waals surface area contributed by atoms with Gasteiger partial charge in [-0.05, 0) is 12.1 Å². The van der Waals surface area contributed by atoms with Gasteiger partial charge >= 0.3 is 6.18 Å². The quantitative estimate of drug-likeness (QED) is 0.725. The summed E-state index contributed by atoms with van der Waals surface area (Å²) in [5, 5.41) is 12.5. The van der Waals surface area contributed by atoms with E-state index in [2.05, 4.69) is 5.32 Å². The Morgan fingerprint density at radius 2 is 1.88 bits per heavy atom. The molecule has 0 spiro atoms. The van der Waals surface area contributed by atoms with Crippen LogP contribution >= 0.6 is 0 Å². The number of rotatable bonds is 1. The van der Waals surface area contributed by atoms with Crippen LogP contribution in [0.1, 0.15) is 11.1 Å². The molecule has 0 aliphatic carbocycles. The Hall–Kier alpha value is -1.14. The molecule has 88 valence electrons. The molecule has 1 saturated heterocycles. The molecule has 0 saturated carbocycles. The lowest BCUT2D eigenvalue weighted by Gasteiger charge is -2.38. The largest absolute Gasteiger partial charge is 0.416 e. The second-order valence-electron chi connectivity index (χ2n) is 3.83. The van der Waals surface area contributed by atoms with Crippen molar-refractivity contribution in [3.63, 3.8) is 0 Å². The van der Waals surface area contributed by atoms with Crippen LogP contribution in [0.5, 0.6) is 0 Å². The average Bonchev–Trinajstić information content (AvgIpc) is 2.12. The van der Waals surface area contributed by atoms with E-state index in [4.69, 9.17) is 0 Å². The topological polar surface area (TPSA) is 32.3 Å². The van der Waals surface area contributed by atoms with Crippen LogP contribution in [0.4, 0.5) is 17.6 Å². The van der Waals surface area contributed by atoms with Crippen molar-refractivity contribution in [3.8, 4) is 0 Å². The highest BCUT2D eigenvalue weighted by Gasteiger charge is 2.39. The Labute approximate surface area is 88.9 Å². The molecule has 1 heterocycles. The summed E-state index contributed by atoms with van der Waals surface area (Å²) in [6.07, 6.45) is -4.57. The number of hydrogen-bond donors (Lipinski definition) is 2. The highest BCUT2D eigenvalue weighted by molar-refractivity contribution is 5.32. The number of benzene rings is 1. The first-order chi connectivity index (χ1) is 7.33. The van der Waals surface area contributed by atoms with Crippen LogP contribution in [-0.2, 0) is 11.8 Å². The van der Waals surface area contributed by atoms with Crippen LogP contribution in [0.3, 0.4) is 0 Å². The maximum absolute atomic E-state index is 13.4. The second kappa shape index (κ2) is 3.43. The summed E-state index contributed by atoms with van der Waals surface area (Å²) in [5.74, 6) is -1.03. The Morgan fingerprint density at radius 1 is 1.25 bits per heavy atom. The molecule has 0 aromatic heterocycles. The van der Waals surface area contributed by atoms with Crippen molar-refractivity contribution < 1.29 is 22.7 Å². The van der Waals surface area contributed by atoms with Gasteiger partial charge in [0.1, 0.15) is 11.4 Å². The highest BCUT2D eigenvalue weighted by atomic mass is 19.4. The van der Waals surface area contributed by atoms with E-state index in [0.29, 0.717) is 6.07 Å². The number of aliphatic hydroxyl groups is 1. The van der Waals surface area contributed by atoms with E-state index in [0.717, 1.165) is 12.1 Å². The Kier molecular flexibility index (Phi) is 2.43. The van der Waals surface area contributed by atoms with Gasteiger partial charge in [0.05, 0.1) is 5.56 Å². The number of hydrogen-bond acceptors (Lipinski definition) is 2. The number of β-amino-alcohol motifs (C(OH)–C–C–N with tert-alkyl or cyclic N) is 1. The number of nitrogens with one attached hydrogen (secondary N) is 1. The Balaban J connectivity index is 2.37. The van der Waals surface area contributed by atoms with E-state index in [1.165, 1.54) is 0 Å². The summed E-state index contributed by atoms with van der Waals surface area (Å²) >= 11 is 0. The van der Waals surface area contributed by atoms with Gasteiger partial charge in [-0.15, -0.1) is 0 Å².